The fraction of sp³-hybridized carbons (Fsp3) is 0.889. The van der Waals surface area contributed by atoms with Gasteiger partial charge in [0.1, 0.15) is 0 Å². The van der Waals surface area contributed by atoms with Gasteiger partial charge >= 0.3 is 0 Å². The molecule has 0 amide bonds. The Morgan fingerprint density at radius 1 is 1.40 bits per heavy atom. The maximum Gasteiger partial charge on any atom is 0.0640 e. The van der Waals surface area contributed by atoms with Crippen LogP contribution in [0.4, 0.5) is 0 Å². The van der Waals surface area contributed by atoms with Gasteiger partial charge in [-0.2, -0.15) is 0 Å². The molecule has 0 aromatic rings. The zero-order chi connectivity index (χ0) is 6.97. The third-order valence-electron chi connectivity index (χ3n) is 2.85. The normalized spacial score (nSPS) is 41.7. The predicted octanol–water partition coefficient (Wildman–Crippen LogP) is 2.17. The molecule has 2 atom stereocenters. The van der Waals surface area contributed by atoms with Gasteiger partial charge < -0.3 is 4.74 Å². The molecule has 57 valence electrons. The smallest absolute Gasteiger partial charge is 0.0640 e. The maximum absolute atomic E-state index is 5.64. The van der Waals surface area contributed by atoms with Crippen molar-refractivity contribution in [2.45, 2.75) is 38.7 Å². The molecule has 2 unspecified atom stereocenters. The van der Waals surface area contributed by atoms with Gasteiger partial charge in [-0.25, -0.2) is 0 Å². The van der Waals surface area contributed by atoms with Crippen molar-refractivity contribution in [3.63, 3.8) is 0 Å². The van der Waals surface area contributed by atoms with Crippen LogP contribution >= 0.6 is 0 Å². The second-order valence-electron chi connectivity index (χ2n) is 3.52. The Morgan fingerprint density at radius 3 is 3.10 bits per heavy atom. The number of ether oxygens (including phenoxy) is 1. The summed E-state index contributed by atoms with van der Waals surface area (Å²) in [6, 6.07) is 0. The van der Waals surface area contributed by atoms with E-state index in [-0.39, 0.29) is 0 Å². The van der Waals surface area contributed by atoms with E-state index in [2.05, 4.69) is 6.92 Å². The highest BCUT2D eigenvalue weighted by Crippen LogP contribution is 2.40. The number of fused-ring (bicyclic) bond motifs is 1. The van der Waals surface area contributed by atoms with Crippen molar-refractivity contribution < 1.29 is 4.74 Å². The number of hydrogen-bond acceptors (Lipinski definition) is 1. The molecule has 0 aromatic carbocycles. The van der Waals surface area contributed by atoms with Crippen molar-refractivity contribution in [1.29, 1.82) is 0 Å². The SMILES string of the molecule is CC1CCOC2CCC[C]12. The topological polar surface area (TPSA) is 9.23 Å². The Kier molecular flexibility index (Phi) is 1.69. The lowest BCUT2D eigenvalue weighted by Crippen LogP contribution is -2.29. The quantitative estimate of drug-likeness (QED) is 0.499. The summed E-state index contributed by atoms with van der Waals surface area (Å²) in [7, 11) is 0. The van der Waals surface area contributed by atoms with E-state index in [9.17, 15) is 0 Å². The molecule has 10 heavy (non-hydrogen) atoms. The van der Waals surface area contributed by atoms with Crippen LogP contribution in [0, 0.1) is 11.8 Å². The van der Waals surface area contributed by atoms with Crippen LogP contribution < -0.4 is 0 Å². The lowest BCUT2D eigenvalue weighted by atomic mass is 9.87. The maximum atomic E-state index is 5.64. The summed E-state index contributed by atoms with van der Waals surface area (Å²) in [5.74, 6) is 2.55. The Morgan fingerprint density at radius 2 is 2.30 bits per heavy atom. The standard InChI is InChI=1S/C9H15O/c1-7-5-6-10-9-4-2-3-8(7)9/h7,9H,2-6H2,1H3. The van der Waals surface area contributed by atoms with E-state index >= 15 is 0 Å². The summed E-state index contributed by atoms with van der Waals surface area (Å²) in [6.45, 7) is 3.34. The molecular formula is C9H15O. The first-order chi connectivity index (χ1) is 4.88. The molecule has 1 aliphatic carbocycles. The summed E-state index contributed by atoms with van der Waals surface area (Å²) >= 11 is 0. The highest BCUT2D eigenvalue weighted by Gasteiger charge is 2.35. The largest absolute Gasteiger partial charge is 0.378 e. The van der Waals surface area contributed by atoms with E-state index in [1.807, 2.05) is 0 Å². The zero-order valence-corrected chi connectivity index (χ0v) is 6.60. The van der Waals surface area contributed by atoms with Gasteiger partial charge in [0, 0.05) is 12.5 Å². The average Bonchev–Trinajstić information content (AvgIpc) is 2.36. The summed E-state index contributed by atoms with van der Waals surface area (Å²) in [5, 5.41) is 0. The van der Waals surface area contributed by atoms with E-state index in [1.54, 1.807) is 5.92 Å². The van der Waals surface area contributed by atoms with E-state index in [0.29, 0.717) is 6.10 Å². The van der Waals surface area contributed by atoms with E-state index in [4.69, 9.17) is 4.74 Å². The van der Waals surface area contributed by atoms with Crippen LogP contribution in [0.3, 0.4) is 0 Å². The number of rotatable bonds is 0. The van der Waals surface area contributed by atoms with Gasteiger partial charge in [0.2, 0.25) is 0 Å². The molecule has 1 heterocycles. The Hall–Kier alpha value is -0.0400. The first-order valence-corrected chi connectivity index (χ1v) is 4.35. The van der Waals surface area contributed by atoms with Gasteiger partial charge in [-0.1, -0.05) is 13.3 Å². The van der Waals surface area contributed by atoms with Gasteiger partial charge in [-0.3, -0.25) is 0 Å². The van der Waals surface area contributed by atoms with Gasteiger partial charge in [0.15, 0.2) is 0 Å². The highest BCUT2D eigenvalue weighted by molar-refractivity contribution is 5.08. The molecule has 0 bridgehead atoms. The Bertz CT molecular complexity index is 122. The molecule has 1 nitrogen and oxygen atoms in total. The minimum absolute atomic E-state index is 0.559. The molecule has 1 aliphatic heterocycles. The third-order valence-corrected chi connectivity index (χ3v) is 2.85. The minimum Gasteiger partial charge on any atom is -0.378 e. The van der Waals surface area contributed by atoms with Crippen molar-refractivity contribution in [2.75, 3.05) is 6.61 Å². The lowest BCUT2D eigenvalue weighted by molar-refractivity contribution is 0.0236. The Balaban J connectivity index is 2.03. The van der Waals surface area contributed by atoms with Gasteiger partial charge in [0.25, 0.3) is 0 Å². The molecular weight excluding hydrogens is 124 g/mol. The van der Waals surface area contributed by atoms with Crippen LogP contribution in [0.1, 0.15) is 32.6 Å². The molecule has 2 rings (SSSR count). The van der Waals surface area contributed by atoms with E-state index < -0.39 is 0 Å². The fourth-order valence-electron chi connectivity index (χ4n) is 2.16. The van der Waals surface area contributed by atoms with Crippen LogP contribution in [-0.2, 0) is 4.74 Å². The second-order valence-corrected chi connectivity index (χ2v) is 3.52. The van der Waals surface area contributed by atoms with Crippen molar-refractivity contribution in [1.82, 2.24) is 0 Å². The summed E-state index contributed by atoms with van der Waals surface area (Å²) in [4.78, 5) is 0. The van der Waals surface area contributed by atoms with Crippen LogP contribution in [0.25, 0.3) is 0 Å². The van der Waals surface area contributed by atoms with Crippen molar-refractivity contribution in [3.05, 3.63) is 5.92 Å². The predicted molar refractivity (Wildman–Crippen MR) is 40.6 cm³/mol. The van der Waals surface area contributed by atoms with E-state index in [1.165, 1.54) is 25.7 Å². The third kappa shape index (κ3) is 0.968. The van der Waals surface area contributed by atoms with Crippen molar-refractivity contribution in [3.8, 4) is 0 Å². The lowest BCUT2D eigenvalue weighted by Gasteiger charge is -2.30. The average molecular weight is 139 g/mol. The van der Waals surface area contributed by atoms with Gasteiger partial charge in [-0.05, 0) is 25.2 Å². The summed E-state index contributed by atoms with van der Waals surface area (Å²) in [6.07, 6.45) is 5.81. The van der Waals surface area contributed by atoms with Crippen molar-refractivity contribution >= 4 is 0 Å². The van der Waals surface area contributed by atoms with Crippen LogP contribution in [0.5, 0.6) is 0 Å². The van der Waals surface area contributed by atoms with Crippen LogP contribution in [0.2, 0.25) is 0 Å². The molecule has 1 heteroatoms. The van der Waals surface area contributed by atoms with Gasteiger partial charge in [0.05, 0.1) is 6.10 Å². The monoisotopic (exact) mass is 139 g/mol. The first-order valence-electron chi connectivity index (χ1n) is 4.35. The van der Waals surface area contributed by atoms with Crippen LogP contribution in [-0.4, -0.2) is 12.7 Å². The zero-order valence-electron chi connectivity index (χ0n) is 6.60. The number of hydrogen-bond donors (Lipinski definition) is 0. The second kappa shape index (κ2) is 2.54. The van der Waals surface area contributed by atoms with Gasteiger partial charge in [-0.15, -0.1) is 0 Å². The first kappa shape index (κ1) is 6.66. The van der Waals surface area contributed by atoms with E-state index in [0.717, 1.165) is 12.5 Å². The highest BCUT2D eigenvalue weighted by atomic mass is 16.5. The molecule has 0 N–H and O–H groups in total. The molecule has 1 radical (unpaired) electrons. The summed E-state index contributed by atoms with van der Waals surface area (Å²) < 4.78 is 5.64. The van der Waals surface area contributed by atoms with Crippen molar-refractivity contribution in [2.24, 2.45) is 5.92 Å². The van der Waals surface area contributed by atoms with Crippen LogP contribution in [0.15, 0.2) is 0 Å². The minimum atomic E-state index is 0.559. The molecule has 1 saturated heterocycles. The fourth-order valence-corrected chi connectivity index (χ4v) is 2.16. The molecule has 2 fully saturated rings. The Labute approximate surface area is 62.8 Å². The molecule has 0 spiro atoms. The molecule has 2 aliphatic rings. The summed E-state index contributed by atoms with van der Waals surface area (Å²) in [5.41, 5.74) is 0. The molecule has 0 aromatic heterocycles. The molecule has 1 saturated carbocycles.